The Balaban J connectivity index is 1.78. The lowest BCUT2D eigenvalue weighted by Gasteiger charge is -2.09. The van der Waals surface area contributed by atoms with Gasteiger partial charge in [0.05, 0.1) is 6.21 Å². The molecule has 0 radical (unpaired) electrons. The summed E-state index contributed by atoms with van der Waals surface area (Å²) in [5.41, 5.74) is 4.51. The molecular weight excluding hydrogens is 372 g/mol. The van der Waals surface area contributed by atoms with E-state index in [1.165, 1.54) is 12.3 Å². The second-order valence-electron chi connectivity index (χ2n) is 5.92. The van der Waals surface area contributed by atoms with Gasteiger partial charge in [-0.3, -0.25) is 14.4 Å². The second-order valence-corrected chi connectivity index (χ2v) is 5.92. The molecule has 8 heteroatoms. The summed E-state index contributed by atoms with van der Waals surface area (Å²) in [6.07, 6.45) is 2.85. The van der Waals surface area contributed by atoms with Crippen molar-refractivity contribution in [3.63, 3.8) is 0 Å². The van der Waals surface area contributed by atoms with Crippen LogP contribution in [0.5, 0.6) is 5.75 Å². The minimum absolute atomic E-state index is 0.127. The normalized spacial score (nSPS) is 10.2. The van der Waals surface area contributed by atoms with Crippen LogP contribution in [0.4, 0.5) is 5.69 Å². The maximum atomic E-state index is 12.0. The highest BCUT2D eigenvalue weighted by Gasteiger charge is 2.10. The van der Waals surface area contributed by atoms with Crippen molar-refractivity contribution in [3.8, 4) is 5.75 Å². The Morgan fingerprint density at radius 2 is 1.79 bits per heavy atom. The predicted octanol–water partition coefficient (Wildman–Crippen LogP) is 1.76. The van der Waals surface area contributed by atoms with Crippen LogP contribution < -0.4 is 20.8 Å². The summed E-state index contributed by atoms with van der Waals surface area (Å²) >= 11 is 0. The third-order valence-corrected chi connectivity index (χ3v) is 3.66. The highest BCUT2D eigenvalue weighted by atomic mass is 16.5. The number of hydrogen-bond acceptors (Lipinski definition) is 5. The van der Waals surface area contributed by atoms with Gasteiger partial charge in [0, 0.05) is 12.2 Å². The first-order valence-corrected chi connectivity index (χ1v) is 8.80. The third kappa shape index (κ3) is 7.30. The van der Waals surface area contributed by atoms with Gasteiger partial charge in [-0.2, -0.15) is 5.10 Å². The van der Waals surface area contributed by atoms with E-state index in [0.29, 0.717) is 11.3 Å². The second kappa shape index (κ2) is 11.0. The molecule has 3 amide bonds. The molecule has 0 unspecified atom stereocenters. The summed E-state index contributed by atoms with van der Waals surface area (Å²) < 4.78 is 5.46. The summed E-state index contributed by atoms with van der Waals surface area (Å²) in [7, 11) is 0. The lowest BCUT2D eigenvalue weighted by atomic mass is 10.2. The number of hydrogen-bond donors (Lipinski definition) is 3. The summed E-state index contributed by atoms with van der Waals surface area (Å²) in [4.78, 5) is 34.8. The van der Waals surface area contributed by atoms with Crippen molar-refractivity contribution < 1.29 is 19.1 Å². The number of aryl methyl sites for hydroxylation is 1. The zero-order valence-corrected chi connectivity index (χ0v) is 16.0. The van der Waals surface area contributed by atoms with Crippen LogP contribution in [-0.2, 0) is 14.4 Å². The van der Waals surface area contributed by atoms with Crippen LogP contribution in [0.1, 0.15) is 11.1 Å². The van der Waals surface area contributed by atoms with E-state index in [0.717, 1.165) is 11.3 Å². The van der Waals surface area contributed by atoms with Gasteiger partial charge >= 0.3 is 11.8 Å². The molecular formula is C21H22N4O4. The fourth-order valence-corrected chi connectivity index (χ4v) is 2.16. The standard InChI is InChI=1S/C21H22N4O4/c1-3-12-22-20(27)21(28)25-23-13-16-8-10-17(11-9-16)29-14-19(26)24-18-7-5-4-6-15(18)2/h3-11,13H,1,12,14H2,2H3,(H,22,27)(H,24,26)(H,25,28)/b23-13-. The summed E-state index contributed by atoms with van der Waals surface area (Å²) in [6.45, 7) is 5.41. The van der Waals surface area contributed by atoms with E-state index in [4.69, 9.17) is 4.74 Å². The first-order chi connectivity index (χ1) is 14.0. The Morgan fingerprint density at radius 3 is 2.48 bits per heavy atom. The smallest absolute Gasteiger partial charge is 0.329 e. The largest absolute Gasteiger partial charge is 0.484 e. The van der Waals surface area contributed by atoms with E-state index in [1.54, 1.807) is 24.3 Å². The Hall–Kier alpha value is -3.94. The molecule has 0 aromatic heterocycles. The van der Waals surface area contributed by atoms with Crippen molar-refractivity contribution in [2.24, 2.45) is 5.10 Å². The molecule has 2 aromatic carbocycles. The molecule has 0 heterocycles. The van der Waals surface area contributed by atoms with Gasteiger partial charge in [-0.1, -0.05) is 24.3 Å². The van der Waals surface area contributed by atoms with Crippen LogP contribution in [0.15, 0.2) is 66.3 Å². The fraction of sp³-hybridized carbons (Fsp3) is 0.143. The number of carbonyl (C=O) groups is 3. The first-order valence-electron chi connectivity index (χ1n) is 8.80. The number of para-hydroxylation sites is 1. The van der Waals surface area contributed by atoms with Crippen LogP contribution in [-0.4, -0.2) is 37.1 Å². The zero-order valence-electron chi connectivity index (χ0n) is 16.0. The molecule has 0 aliphatic heterocycles. The molecule has 29 heavy (non-hydrogen) atoms. The number of rotatable bonds is 8. The van der Waals surface area contributed by atoms with E-state index < -0.39 is 11.8 Å². The van der Waals surface area contributed by atoms with Crippen LogP contribution in [0.2, 0.25) is 0 Å². The molecule has 150 valence electrons. The number of hydrazone groups is 1. The molecule has 2 aromatic rings. The van der Waals surface area contributed by atoms with E-state index in [2.05, 4.69) is 27.7 Å². The monoisotopic (exact) mass is 394 g/mol. The molecule has 0 atom stereocenters. The van der Waals surface area contributed by atoms with Gasteiger partial charge in [-0.05, 0) is 48.4 Å². The first kappa shape index (κ1) is 21.4. The molecule has 0 aliphatic rings. The molecule has 0 bridgehead atoms. The number of nitrogens with zero attached hydrogens (tertiary/aromatic N) is 1. The van der Waals surface area contributed by atoms with E-state index in [1.807, 2.05) is 31.2 Å². The van der Waals surface area contributed by atoms with Crippen LogP contribution in [0.25, 0.3) is 0 Å². The van der Waals surface area contributed by atoms with E-state index in [9.17, 15) is 14.4 Å². The Labute approximate surface area is 168 Å². The van der Waals surface area contributed by atoms with Crippen LogP contribution in [0.3, 0.4) is 0 Å². The van der Waals surface area contributed by atoms with Crippen molar-refractivity contribution in [1.82, 2.24) is 10.7 Å². The molecule has 0 aliphatic carbocycles. The van der Waals surface area contributed by atoms with Crippen molar-refractivity contribution in [1.29, 1.82) is 0 Å². The molecule has 2 rings (SSSR count). The average Bonchev–Trinajstić information content (AvgIpc) is 2.73. The molecule has 0 saturated heterocycles. The number of nitrogens with one attached hydrogen (secondary N) is 3. The quantitative estimate of drug-likeness (QED) is 0.274. The van der Waals surface area contributed by atoms with Gasteiger partial charge < -0.3 is 15.4 Å². The summed E-state index contributed by atoms with van der Waals surface area (Å²) in [6, 6.07) is 14.2. The van der Waals surface area contributed by atoms with Gasteiger partial charge in [-0.15, -0.1) is 6.58 Å². The highest BCUT2D eigenvalue weighted by Crippen LogP contribution is 2.14. The number of amides is 3. The van der Waals surface area contributed by atoms with Gasteiger partial charge in [0.25, 0.3) is 5.91 Å². The topological polar surface area (TPSA) is 109 Å². The van der Waals surface area contributed by atoms with Gasteiger partial charge in [-0.25, -0.2) is 5.43 Å². The van der Waals surface area contributed by atoms with Gasteiger partial charge in [0.2, 0.25) is 0 Å². The van der Waals surface area contributed by atoms with Crippen molar-refractivity contribution in [2.45, 2.75) is 6.92 Å². The molecule has 0 saturated carbocycles. The molecule has 0 spiro atoms. The van der Waals surface area contributed by atoms with E-state index in [-0.39, 0.29) is 19.1 Å². The highest BCUT2D eigenvalue weighted by molar-refractivity contribution is 6.35. The minimum Gasteiger partial charge on any atom is -0.484 e. The van der Waals surface area contributed by atoms with Crippen molar-refractivity contribution >= 4 is 29.6 Å². The number of carbonyl (C=O) groups excluding carboxylic acids is 3. The number of benzene rings is 2. The zero-order chi connectivity index (χ0) is 21.1. The fourth-order valence-electron chi connectivity index (χ4n) is 2.16. The number of ether oxygens (including phenoxy) is 1. The molecule has 8 nitrogen and oxygen atoms in total. The summed E-state index contributed by atoms with van der Waals surface area (Å²) in [5, 5.41) is 8.84. The third-order valence-electron chi connectivity index (χ3n) is 3.66. The average molecular weight is 394 g/mol. The molecule has 0 fully saturated rings. The van der Waals surface area contributed by atoms with Crippen molar-refractivity contribution in [2.75, 3.05) is 18.5 Å². The summed E-state index contributed by atoms with van der Waals surface area (Å²) in [5.74, 6) is -1.42. The van der Waals surface area contributed by atoms with Crippen molar-refractivity contribution in [3.05, 3.63) is 72.3 Å². The maximum Gasteiger partial charge on any atom is 0.329 e. The Kier molecular flexibility index (Phi) is 8.12. The Morgan fingerprint density at radius 1 is 1.07 bits per heavy atom. The van der Waals surface area contributed by atoms with Crippen LogP contribution in [0, 0.1) is 6.92 Å². The van der Waals surface area contributed by atoms with E-state index >= 15 is 0 Å². The SMILES string of the molecule is C=CCNC(=O)C(=O)N/N=C\c1ccc(OCC(=O)Nc2ccccc2C)cc1. The van der Waals surface area contributed by atoms with Gasteiger partial charge in [0.15, 0.2) is 6.61 Å². The lowest BCUT2D eigenvalue weighted by molar-refractivity contribution is -0.139. The maximum absolute atomic E-state index is 12.0. The lowest BCUT2D eigenvalue weighted by Crippen LogP contribution is -2.37. The number of anilines is 1. The molecule has 3 N–H and O–H groups in total. The Bertz CT molecular complexity index is 907. The van der Waals surface area contributed by atoms with Gasteiger partial charge in [0.1, 0.15) is 5.75 Å². The van der Waals surface area contributed by atoms with Crippen LogP contribution >= 0.6 is 0 Å². The predicted molar refractivity (Wildman–Crippen MR) is 111 cm³/mol. The minimum atomic E-state index is -0.872.